The zero-order valence-electron chi connectivity index (χ0n) is 19.1. The van der Waals surface area contributed by atoms with E-state index in [1.165, 1.54) is 5.57 Å². The van der Waals surface area contributed by atoms with Gasteiger partial charge in [-0.2, -0.15) is 0 Å². The van der Waals surface area contributed by atoms with Crippen molar-refractivity contribution in [3.63, 3.8) is 0 Å². The zero-order chi connectivity index (χ0) is 22.1. The number of hydrogen-bond donors (Lipinski definition) is 1. The highest BCUT2D eigenvalue weighted by atomic mass is 16.6. The van der Waals surface area contributed by atoms with E-state index in [0.717, 1.165) is 25.7 Å². The Balaban J connectivity index is 1.76. The zero-order valence-corrected chi connectivity index (χ0v) is 19.1. The normalized spacial score (nSPS) is 36.5. The van der Waals surface area contributed by atoms with E-state index < -0.39 is 11.5 Å². The van der Waals surface area contributed by atoms with Gasteiger partial charge in [-0.1, -0.05) is 39.0 Å². The van der Waals surface area contributed by atoms with Gasteiger partial charge in [-0.05, 0) is 62.9 Å². The van der Waals surface area contributed by atoms with Gasteiger partial charge in [0.25, 0.3) is 0 Å². The average molecular weight is 419 g/mol. The van der Waals surface area contributed by atoms with Crippen LogP contribution < -0.4 is 0 Å². The lowest BCUT2D eigenvalue weighted by Crippen LogP contribution is -2.43. The maximum absolute atomic E-state index is 12.9. The molecule has 1 heterocycles. The minimum absolute atomic E-state index is 0.0949. The standard InChI is InChI=1S/C25H38O5/c1-6-25(4,5)24(28)30-21-12-15(2)11-17-8-7-16(3)20(23(17)21)10-9-19-13-18(26)14-22(27)29-19/h7-8,11,15-16,18-21,23,26H,6,9-10,12-14H2,1-5H3/t15-,16-,18+,19?,20?,21?,23-/m0/s1. The van der Waals surface area contributed by atoms with E-state index in [1.54, 1.807) is 0 Å². The lowest BCUT2D eigenvalue weighted by molar-refractivity contribution is -0.166. The number of hydrogen-bond acceptors (Lipinski definition) is 5. The van der Waals surface area contributed by atoms with Crippen LogP contribution in [0.5, 0.6) is 0 Å². The molecule has 0 amide bonds. The molecule has 7 atom stereocenters. The van der Waals surface area contributed by atoms with E-state index >= 15 is 0 Å². The first-order chi connectivity index (χ1) is 14.1. The molecule has 3 rings (SSSR count). The van der Waals surface area contributed by atoms with Gasteiger partial charge in [-0.25, -0.2) is 0 Å². The van der Waals surface area contributed by atoms with Crippen LogP contribution in [0.1, 0.15) is 73.1 Å². The molecule has 1 saturated heterocycles. The summed E-state index contributed by atoms with van der Waals surface area (Å²) in [5, 5.41) is 9.92. The first kappa shape index (κ1) is 23.1. The van der Waals surface area contributed by atoms with Crippen LogP contribution in [-0.2, 0) is 19.1 Å². The molecular formula is C25H38O5. The second kappa shape index (κ2) is 9.25. The molecular weight excluding hydrogens is 380 g/mol. The first-order valence-corrected chi connectivity index (χ1v) is 11.6. The fourth-order valence-electron chi connectivity index (χ4n) is 5.08. The first-order valence-electron chi connectivity index (χ1n) is 11.6. The van der Waals surface area contributed by atoms with Crippen LogP contribution in [0.3, 0.4) is 0 Å². The summed E-state index contributed by atoms with van der Waals surface area (Å²) in [6.45, 7) is 10.3. The van der Waals surface area contributed by atoms with Crippen molar-refractivity contribution in [1.82, 2.24) is 0 Å². The smallest absolute Gasteiger partial charge is 0.311 e. The number of rotatable bonds is 6. The van der Waals surface area contributed by atoms with Gasteiger partial charge in [0.1, 0.15) is 12.2 Å². The summed E-state index contributed by atoms with van der Waals surface area (Å²) in [6.07, 6.45) is 9.61. The van der Waals surface area contributed by atoms with Gasteiger partial charge in [0.15, 0.2) is 0 Å². The lowest BCUT2D eigenvalue weighted by Gasteiger charge is -2.44. The fraction of sp³-hybridized carbons (Fsp3) is 0.760. The fourth-order valence-corrected chi connectivity index (χ4v) is 5.08. The Morgan fingerprint density at radius 1 is 1.27 bits per heavy atom. The van der Waals surface area contributed by atoms with Gasteiger partial charge in [0.05, 0.1) is 17.9 Å². The predicted molar refractivity (Wildman–Crippen MR) is 115 cm³/mol. The van der Waals surface area contributed by atoms with Crippen LogP contribution >= 0.6 is 0 Å². The molecule has 0 saturated carbocycles. The molecule has 0 bridgehead atoms. The Labute approximate surface area is 180 Å². The molecule has 3 unspecified atom stereocenters. The van der Waals surface area contributed by atoms with E-state index in [4.69, 9.17) is 9.47 Å². The number of aliphatic hydroxyl groups excluding tert-OH is 1. The third-order valence-electron chi connectivity index (χ3n) is 7.35. The van der Waals surface area contributed by atoms with Gasteiger partial charge >= 0.3 is 11.9 Å². The summed E-state index contributed by atoms with van der Waals surface area (Å²) in [5.41, 5.74) is 0.785. The van der Waals surface area contributed by atoms with E-state index in [0.29, 0.717) is 24.2 Å². The maximum Gasteiger partial charge on any atom is 0.311 e. The van der Waals surface area contributed by atoms with Crippen LogP contribution in [0.15, 0.2) is 23.8 Å². The molecule has 1 aliphatic heterocycles. The molecule has 2 aliphatic carbocycles. The van der Waals surface area contributed by atoms with Crippen LogP contribution in [0, 0.1) is 29.1 Å². The van der Waals surface area contributed by atoms with Gasteiger partial charge in [0.2, 0.25) is 0 Å². The summed E-state index contributed by atoms with van der Waals surface area (Å²) in [4.78, 5) is 24.6. The molecule has 0 radical (unpaired) electrons. The number of carbonyl (C=O) groups excluding carboxylic acids is 2. The van der Waals surface area contributed by atoms with Crippen LogP contribution in [-0.4, -0.2) is 35.4 Å². The Bertz CT molecular complexity index is 706. The van der Waals surface area contributed by atoms with Crippen molar-refractivity contribution < 1.29 is 24.2 Å². The van der Waals surface area contributed by atoms with Crippen LogP contribution in [0.4, 0.5) is 0 Å². The minimum Gasteiger partial charge on any atom is -0.462 e. The molecule has 0 spiro atoms. The number of fused-ring (bicyclic) bond motifs is 1. The number of cyclic esters (lactones) is 1. The van der Waals surface area contributed by atoms with Gasteiger partial charge in [-0.15, -0.1) is 0 Å². The van der Waals surface area contributed by atoms with Crippen molar-refractivity contribution in [2.24, 2.45) is 29.1 Å². The second-order valence-electron chi connectivity index (χ2n) is 10.3. The van der Waals surface area contributed by atoms with Crippen molar-refractivity contribution >= 4 is 11.9 Å². The summed E-state index contributed by atoms with van der Waals surface area (Å²) in [7, 11) is 0. The summed E-state index contributed by atoms with van der Waals surface area (Å²) in [6, 6.07) is 0. The van der Waals surface area contributed by atoms with Gasteiger partial charge in [-0.3, -0.25) is 9.59 Å². The Hall–Kier alpha value is -1.62. The number of ether oxygens (including phenoxy) is 2. The number of aliphatic hydroxyl groups is 1. The second-order valence-corrected chi connectivity index (χ2v) is 10.3. The highest BCUT2D eigenvalue weighted by Crippen LogP contribution is 2.45. The minimum atomic E-state index is -0.601. The van der Waals surface area contributed by atoms with Crippen molar-refractivity contribution in [3.8, 4) is 0 Å². The molecule has 1 N–H and O–H groups in total. The summed E-state index contributed by atoms with van der Waals surface area (Å²) >= 11 is 0. The highest BCUT2D eigenvalue weighted by molar-refractivity contribution is 5.76. The molecule has 0 aromatic rings. The third-order valence-corrected chi connectivity index (χ3v) is 7.35. The lowest BCUT2D eigenvalue weighted by atomic mass is 9.65. The van der Waals surface area contributed by atoms with E-state index in [2.05, 4.69) is 32.1 Å². The maximum atomic E-state index is 12.9. The molecule has 168 valence electrons. The number of esters is 2. The third kappa shape index (κ3) is 5.16. The molecule has 1 fully saturated rings. The summed E-state index contributed by atoms with van der Waals surface area (Å²) in [5.74, 6) is 0.776. The molecule has 5 nitrogen and oxygen atoms in total. The van der Waals surface area contributed by atoms with E-state index in [-0.39, 0.29) is 36.5 Å². The number of allylic oxidation sites excluding steroid dienone is 3. The van der Waals surface area contributed by atoms with Crippen molar-refractivity contribution in [3.05, 3.63) is 23.8 Å². The van der Waals surface area contributed by atoms with Gasteiger partial charge in [0, 0.05) is 12.3 Å². The monoisotopic (exact) mass is 418 g/mol. The Morgan fingerprint density at radius 2 is 2.00 bits per heavy atom. The van der Waals surface area contributed by atoms with Crippen molar-refractivity contribution in [2.45, 2.75) is 91.5 Å². The largest absolute Gasteiger partial charge is 0.462 e. The SMILES string of the molecule is CCC(C)(C)C(=O)OC1C[C@@H](C)C=C2C=C[C@H](C)C(CCC3C[C@@H](O)CC(=O)O3)[C@H]21. The molecule has 3 aliphatic rings. The Kier molecular flexibility index (Phi) is 7.11. The summed E-state index contributed by atoms with van der Waals surface area (Å²) < 4.78 is 11.6. The highest BCUT2D eigenvalue weighted by Gasteiger charge is 2.43. The quantitative estimate of drug-likeness (QED) is 0.639. The molecule has 0 aromatic carbocycles. The van der Waals surface area contributed by atoms with Crippen LogP contribution in [0.25, 0.3) is 0 Å². The molecule has 5 heteroatoms. The van der Waals surface area contributed by atoms with Crippen molar-refractivity contribution in [2.75, 3.05) is 0 Å². The molecule has 0 aromatic heterocycles. The topological polar surface area (TPSA) is 72.8 Å². The van der Waals surface area contributed by atoms with Crippen molar-refractivity contribution in [1.29, 1.82) is 0 Å². The van der Waals surface area contributed by atoms with E-state index in [9.17, 15) is 14.7 Å². The van der Waals surface area contributed by atoms with E-state index in [1.807, 2.05) is 20.8 Å². The Morgan fingerprint density at radius 3 is 2.67 bits per heavy atom. The molecule has 30 heavy (non-hydrogen) atoms. The number of carbonyl (C=O) groups is 2. The van der Waals surface area contributed by atoms with Gasteiger partial charge < -0.3 is 14.6 Å². The average Bonchev–Trinajstić information content (AvgIpc) is 2.66. The van der Waals surface area contributed by atoms with Crippen LogP contribution in [0.2, 0.25) is 0 Å². The predicted octanol–water partition coefficient (Wildman–Crippen LogP) is 4.59.